The van der Waals surface area contributed by atoms with E-state index in [2.05, 4.69) is 80.2 Å². The lowest BCUT2D eigenvalue weighted by Gasteiger charge is -2.34. The molecule has 1 N–H and O–H groups in total. The Morgan fingerprint density at radius 3 is 2.13 bits per heavy atom. The highest BCUT2D eigenvalue weighted by molar-refractivity contribution is 5.78. The Balaban J connectivity index is 1.38. The molecule has 0 saturated carbocycles. The van der Waals surface area contributed by atoms with E-state index in [0.717, 1.165) is 50.8 Å². The highest BCUT2D eigenvalue weighted by Crippen LogP contribution is 2.48. The molecular formula is C24H25N5O. The van der Waals surface area contributed by atoms with E-state index in [4.69, 9.17) is 0 Å². The van der Waals surface area contributed by atoms with Gasteiger partial charge in [-0.3, -0.25) is 4.90 Å². The van der Waals surface area contributed by atoms with E-state index in [1.165, 1.54) is 27.8 Å². The Morgan fingerprint density at radius 2 is 1.47 bits per heavy atom. The lowest BCUT2D eigenvalue weighted by Crippen LogP contribution is -2.45. The number of likely N-dealkylation sites (N-methyl/N-ethyl adjacent to an activating group) is 1. The van der Waals surface area contributed by atoms with Gasteiger partial charge in [-0.2, -0.15) is 9.97 Å². The van der Waals surface area contributed by atoms with E-state index in [9.17, 15) is 5.11 Å². The first kappa shape index (κ1) is 17.9. The van der Waals surface area contributed by atoms with Crippen LogP contribution < -0.4 is 4.90 Å². The summed E-state index contributed by atoms with van der Waals surface area (Å²) in [5, 5.41) is 10.2. The molecule has 0 radical (unpaired) electrons. The molecule has 6 nitrogen and oxygen atoms in total. The summed E-state index contributed by atoms with van der Waals surface area (Å²) in [5.41, 5.74) is 7.47. The van der Waals surface area contributed by atoms with Gasteiger partial charge in [0.25, 0.3) is 0 Å². The number of nitrogens with zero attached hydrogens (tertiary/aromatic N) is 5. The number of hydrogen-bond donors (Lipinski definition) is 1. The summed E-state index contributed by atoms with van der Waals surface area (Å²) in [5.74, 6) is 0.910. The van der Waals surface area contributed by atoms with Crippen molar-refractivity contribution in [3.63, 3.8) is 0 Å². The first-order valence-corrected chi connectivity index (χ1v) is 10.6. The summed E-state index contributed by atoms with van der Waals surface area (Å²) < 4.78 is 0. The minimum absolute atomic E-state index is 0.114. The third-order valence-electron chi connectivity index (χ3n) is 6.74. The SMILES string of the molecule is CN1CCN(c2nc(O)nc3c2CN(C2c4ccccc4-c4ccccc42)C3)CC1. The van der Waals surface area contributed by atoms with Crippen LogP contribution in [0.2, 0.25) is 0 Å². The van der Waals surface area contributed by atoms with Crippen molar-refractivity contribution in [2.24, 2.45) is 0 Å². The fraction of sp³-hybridized carbons (Fsp3) is 0.333. The van der Waals surface area contributed by atoms with Crippen LogP contribution in [0.3, 0.4) is 0 Å². The molecule has 2 aliphatic heterocycles. The molecule has 3 heterocycles. The summed E-state index contributed by atoms with van der Waals surface area (Å²) in [4.78, 5) is 16.0. The van der Waals surface area contributed by atoms with Crippen LogP contribution >= 0.6 is 0 Å². The zero-order valence-corrected chi connectivity index (χ0v) is 17.1. The van der Waals surface area contributed by atoms with Crippen molar-refractivity contribution in [2.45, 2.75) is 19.1 Å². The van der Waals surface area contributed by atoms with E-state index in [1.54, 1.807) is 0 Å². The van der Waals surface area contributed by atoms with Gasteiger partial charge in [0.1, 0.15) is 5.82 Å². The molecule has 30 heavy (non-hydrogen) atoms. The van der Waals surface area contributed by atoms with Gasteiger partial charge in [-0.05, 0) is 29.3 Å². The van der Waals surface area contributed by atoms with Crippen molar-refractivity contribution < 1.29 is 5.11 Å². The van der Waals surface area contributed by atoms with Crippen LogP contribution in [0.1, 0.15) is 28.4 Å². The second-order valence-corrected chi connectivity index (χ2v) is 8.54. The Morgan fingerprint density at radius 1 is 0.833 bits per heavy atom. The molecule has 0 atom stereocenters. The zero-order chi connectivity index (χ0) is 20.2. The van der Waals surface area contributed by atoms with E-state index in [1.807, 2.05) is 0 Å². The molecule has 1 fully saturated rings. The molecule has 3 aromatic rings. The lowest BCUT2D eigenvalue weighted by molar-refractivity contribution is 0.233. The first-order valence-electron chi connectivity index (χ1n) is 10.6. The monoisotopic (exact) mass is 399 g/mol. The predicted octanol–water partition coefficient (Wildman–Crippen LogP) is 3.02. The average molecular weight is 399 g/mol. The van der Waals surface area contributed by atoms with E-state index >= 15 is 0 Å². The van der Waals surface area contributed by atoms with E-state index < -0.39 is 0 Å². The summed E-state index contributed by atoms with van der Waals surface area (Å²) >= 11 is 0. The van der Waals surface area contributed by atoms with Crippen molar-refractivity contribution in [1.82, 2.24) is 19.8 Å². The maximum atomic E-state index is 10.2. The van der Waals surface area contributed by atoms with Crippen molar-refractivity contribution in [2.75, 3.05) is 38.1 Å². The van der Waals surface area contributed by atoms with Crippen LogP contribution in [0.4, 0.5) is 5.82 Å². The highest BCUT2D eigenvalue weighted by atomic mass is 16.3. The van der Waals surface area contributed by atoms with Crippen LogP contribution in [0.25, 0.3) is 11.1 Å². The van der Waals surface area contributed by atoms with Gasteiger partial charge in [0.2, 0.25) is 0 Å². The second-order valence-electron chi connectivity index (χ2n) is 8.54. The van der Waals surface area contributed by atoms with Gasteiger partial charge in [-0.15, -0.1) is 0 Å². The van der Waals surface area contributed by atoms with Crippen LogP contribution in [0.5, 0.6) is 6.01 Å². The molecule has 1 aromatic heterocycles. The smallest absolute Gasteiger partial charge is 0.316 e. The quantitative estimate of drug-likeness (QED) is 0.715. The predicted molar refractivity (Wildman–Crippen MR) is 116 cm³/mol. The van der Waals surface area contributed by atoms with Gasteiger partial charge in [0.05, 0.1) is 11.7 Å². The highest BCUT2D eigenvalue weighted by Gasteiger charge is 2.38. The molecule has 2 aromatic carbocycles. The Bertz CT molecular complexity index is 1080. The van der Waals surface area contributed by atoms with Gasteiger partial charge < -0.3 is 14.9 Å². The molecule has 0 spiro atoms. The maximum Gasteiger partial charge on any atom is 0.316 e. The minimum atomic E-state index is -0.114. The van der Waals surface area contributed by atoms with Crippen LogP contribution in [-0.2, 0) is 13.1 Å². The standard InChI is InChI=1S/C24H25N5O/c1-27-10-12-28(13-11-27)23-20-14-29(15-21(20)25-24(30)26-23)22-18-8-4-2-6-16(18)17-7-3-5-9-19(17)22/h2-9,22H,10-15H2,1H3,(H,25,26,30). The van der Waals surface area contributed by atoms with Crippen LogP contribution in [0.15, 0.2) is 48.5 Å². The van der Waals surface area contributed by atoms with Crippen molar-refractivity contribution >= 4 is 5.82 Å². The van der Waals surface area contributed by atoms with E-state index in [0.29, 0.717) is 0 Å². The number of aromatic nitrogens is 2. The molecule has 6 rings (SSSR count). The largest absolute Gasteiger partial charge is 0.479 e. The third-order valence-corrected chi connectivity index (χ3v) is 6.74. The molecular weight excluding hydrogens is 374 g/mol. The molecule has 152 valence electrons. The van der Waals surface area contributed by atoms with Crippen molar-refractivity contribution in [3.8, 4) is 17.1 Å². The fourth-order valence-electron chi connectivity index (χ4n) is 5.23. The lowest BCUT2D eigenvalue weighted by atomic mass is 10.0. The van der Waals surface area contributed by atoms with Gasteiger partial charge in [0, 0.05) is 44.8 Å². The maximum absolute atomic E-state index is 10.2. The summed E-state index contributed by atoms with van der Waals surface area (Å²) in [6.07, 6.45) is 0. The molecule has 3 aliphatic rings. The third kappa shape index (κ3) is 2.71. The second kappa shape index (κ2) is 6.79. The number of piperazine rings is 1. The summed E-state index contributed by atoms with van der Waals surface area (Å²) in [7, 11) is 2.15. The number of anilines is 1. The molecule has 6 heteroatoms. The minimum Gasteiger partial charge on any atom is -0.479 e. The van der Waals surface area contributed by atoms with Gasteiger partial charge in [-0.1, -0.05) is 48.5 Å². The topological polar surface area (TPSA) is 55.7 Å². The van der Waals surface area contributed by atoms with Gasteiger partial charge in [0.15, 0.2) is 0 Å². The summed E-state index contributed by atoms with van der Waals surface area (Å²) in [6, 6.07) is 17.5. The number of rotatable bonds is 2. The Kier molecular flexibility index (Phi) is 4.04. The average Bonchev–Trinajstić information content (AvgIpc) is 3.32. The van der Waals surface area contributed by atoms with Crippen molar-refractivity contribution in [3.05, 3.63) is 70.9 Å². The van der Waals surface area contributed by atoms with Crippen LogP contribution in [-0.4, -0.2) is 58.1 Å². The van der Waals surface area contributed by atoms with Crippen LogP contribution in [0, 0.1) is 0 Å². The van der Waals surface area contributed by atoms with Crippen molar-refractivity contribution in [1.29, 1.82) is 0 Å². The molecule has 0 amide bonds. The summed E-state index contributed by atoms with van der Waals surface area (Å²) in [6.45, 7) is 5.38. The molecule has 0 unspecified atom stereocenters. The normalized spacial score (nSPS) is 19.0. The number of aromatic hydroxyl groups is 1. The molecule has 1 aliphatic carbocycles. The molecule has 1 saturated heterocycles. The number of fused-ring (bicyclic) bond motifs is 4. The number of hydrogen-bond acceptors (Lipinski definition) is 6. The Hall–Kier alpha value is -2.96. The van der Waals surface area contributed by atoms with E-state index in [-0.39, 0.29) is 12.1 Å². The molecule has 0 bridgehead atoms. The Labute approximate surface area is 176 Å². The number of benzene rings is 2. The van der Waals surface area contributed by atoms with Gasteiger partial charge >= 0.3 is 6.01 Å². The first-order chi connectivity index (χ1) is 14.7. The fourth-order valence-corrected chi connectivity index (χ4v) is 5.23. The zero-order valence-electron chi connectivity index (χ0n) is 17.1. The van der Waals surface area contributed by atoms with Gasteiger partial charge in [-0.25, -0.2) is 0 Å².